The third kappa shape index (κ3) is 1.97. The van der Waals surface area contributed by atoms with Crippen molar-refractivity contribution in [3.05, 3.63) is 35.4 Å². The molecule has 0 saturated carbocycles. The van der Waals surface area contributed by atoms with Crippen molar-refractivity contribution in [2.75, 3.05) is 13.1 Å². The molecule has 1 aromatic rings. The second kappa shape index (κ2) is 4.11. The molecule has 2 rings (SSSR count). The lowest BCUT2D eigenvalue weighted by molar-refractivity contribution is 0.190. The minimum atomic E-state index is -0.245. The minimum absolute atomic E-state index is 0.245. The molecule has 0 heterocycles. The second-order valence-corrected chi connectivity index (χ2v) is 4.11. The van der Waals surface area contributed by atoms with Gasteiger partial charge in [0.2, 0.25) is 0 Å². The van der Waals surface area contributed by atoms with E-state index in [-0.39, 0.29) is 6.10 Å². The van der Waals surface area contributed by atoms with Crippen molar-refractivity contribution in [3.63, 3.8) is 0 Å². The first-order chi connectivity index (χ1) is 6.77. The Morgan fingerprint density at radius 3 is 3.00 bits per heavy atom. The molecule has 76 valence electrons. The minimum Gasteiger partial charge on any atom is -0.392 e. The van der Waals surface area contributed by atoms with E-state index in [9.17, 15) is 0 Å². The molecule has 0 bridgehead atoms. The van der Waals surface area contributed by atoms with Crippen LogP contribution in [0.15, 0.2) is 24.3 Å². The molecule has 2 atom stereocenters. The maximum atomic E-state index is 9.09. The lowest BCUT2D eigenvalue weighted by Gasteiger charge is -2.30. The highest BCUT2D eigenvalue weighted by molar-refractivity contribution is 5.40. The van der Waals surface area contributed by atoms with E-state index in [1.54, 1.807) is 0 Å². The van der Waals surface area contributed by atoms with E-state index in [0.29, 0.717) is 12.5 Å². The molecule has 14 heavy (non-hydrogen) atoms. The number of hydrogen-bond acceptors (Lipinski definition) is 2. The average Bonchev–Trinajstić information content (AvgIpc) is 2.12. The summed E-state index contributed by atoms with van der Waals surface area (Å²) in [5, 5.41) is 12.4. The summed E-state index contributed by atoms with van der Waals surface area (Å²) in [6, 6.07) is 8.59. The summed E-state index contributed by atoms with van der Waals surface area (Å²) < 4.78 is 0. The predicted octanol–water partition coefficient (Wildman–Crippen LogP) is 1.30. The summed E-state index contributed by atoms with van der Waals surface area (Å²) in [6.45, 7) is 3.49. The largest absolute Gasteiger partial charge is 0.392 e. The van der Waals surface area contributed by atoms with Gasteiger partial charge in [0.25, 0.3) is 0 Å². The number of benzene rings is 1. The Morgan fingerprint density at radius 1 is 1.50 bits per heavy atom. The fourth-order valence-electron chi connectivity index (χ4n) is 2.01. The van der Waals surface area contributed by atoms with Gasteiger partial charge in [-0.1, -0.05) is 24.3 Å². The van der Waals surface area contributed by atoms with Crippen LogP contribution >= 0.6 is 0 Å². The van der Waals surface area contributed by atoms with Gasteiger partial charge >= 0.3 is 0 Å². The number of aliphatic hydroxyl groups excluding tert-OH is 1. The summed E-state index contributed by atoms with van der Waals surface area (Å²) in [4.78, 5) is 0. The molecular weight excluding hydrogens is 174 g/mol. The summed E-state index contributed by atoms with van der Waals surface area (Å²) in [6.07, 6.45) is 0.938. The third-order valence-corrected chi connectivity index (χ3v) is 2.79. The number of nitrogens with one attached hydrogen (secondary N) is 1. The summed E-state index contributed by atoms with van der Waals surface area (Å²) in [5.74, 6) is 0.657. The molecule has 1 unspecified atom stereocenters. The standard InChI is InChI=1S/C12H17NO/c1-9(14)7-13-8-11-6-10-4-2-3-5-12(10)11/h2-5,9,11,13-14H,6-8H2,1H3/t9-,11?/m1/s1. The van der Waals surface area contributed by atoms with Gasteiger partial charge < -0.3 is 10.4 Å². The molecule has 1 aromatic carbocycles. The molecule has 0 saturated heterocycles. The Morgan fingerprint density at radius 2 is 2.29 bits per heavy atom. The quantitative estimate of drug-likeness (QED) is 0.751. The molecule has 1 aliphatic rings. The van der Waals surface area contributed by atoms with Gasteiger partial charge in [0.05, 0.1) is 6.10 Å². The zero-order chi connectivity index (χ0) is 9.97. The van der Waals surface area contributed by atoms with Crippen LogP contribution in [0.4, 0.5) is 0 Å². The van der Waals surface area contributed by atoms with E-state index in [1.165, 1.54) is 17.5 Å². The van der Waals surface area contributed by atoms with Crippen molar-refractivity contribution in [3.8, 4) is 0 Å². The highest BCUT2D eigenvalue weighted by Gasteiger charge is 2.24. The molecule has 0 spiro atoms. The van der Waals surface area contributed by atoms with Crippen molar-refractivity contribution in [2.24, 2.45) is 0 Å². The van der Waals surface area contributed by atoms with Crippen molar-refractivity contribution in [1.82, 2.24) is 5.32 Å². The summed E-state index contributed by atoms with van der Waals surface area (Å²) in [5.41, 5.74) is 2.96. The average molecular weight is 191 g/mol. The van der Waals surface area contributed by atoms with Crippen molar-refractivity contribution >= 4 is 0 Å². The number of hydrogen-bond donors (Lipinski definition) is 2. The topological polar surface area (TPSA) is 32.3 Å². The van der Waals surface area contributed by atoms with E-state index in [0.717, 1.165) is 6.54 Å². The van der Waals surface area contributed by atoms with Gasteiger partial charge in [-0.3, -0.25) is 0 Å². The van der Waals surface area contributed by atoms with Crippen LogP contribution in [0.5, 0.6) is 0 Å². The highest BCUT2D eigenvalue weighted by Crippen LogP contribution is 2.33. The monoisotopic (exact) mass is 191 g/mol. The highest BCUT2D eigenvalue weighted by atomic mass is 16.3. The van der Waals surface area contributed by atoms with Crippen LogP contribution in [0.2, 0.25) is 0 Å². The van der Waals surface area contributed by atoms with E-state index < -0.39 is 0 Å². The second-order valence-electron chi connectivity index (χ2n) is 4.11. The molecule has 2 heteroatoms. The Labute approximate surface area is 85.0 Å². The Hall–Kier alpha value is -0.860. The maximum absolute atomic E-state index is 9.09. The van der Waals surface area contributed by atoms with E-state index in [4.69, 9.17) is 5.11 Å². The molecule has 0 amide bonds. The fraction of sp³-hybridized carbons (Fsp3) is 0.500. The van der Waals surface area contributed by atoms with E-state index >= 15 is 0 Å². The first-order valence-corrected chi connectivity index (χ1v) is 5.24. The fourth-order valence-corrected chi connectivity index (χ4v) is 2.01. The van der Waals surface area contributed by atoms with Crippen LogP contribution in [0.25, 0.3) is 0 Å². The SMILES string of the molecule is C[C@@H](O)CNCC1Cc2ccccc21. The zero-order valence-corrected chi connectivity index (χ0v) is 8.53. The van der Waals surface area contributed by atoms with Gasteiger partial charge in [0.15, 0.2) is 0 Å². The molecule has 0 aliphatic heterocycles. The lowest BCUT2D eigenvalue weighted by Crippen LogP contribution is -2.32. The van der Waals surface area contributed by atoms with Crippen molar-refractivity contribution < 1.29 is 5.11 Å². The molecule has 0 radical (unpaired) electrons. The lowest BCUT2D eigenvalue weighted by atomic mass is 9.77. The third-order valence-electron chi connectivity index (χ3n) is 2.79. The van der Waals surface area contributed by atoms with Crippen LogP contribution in [0.1, 0.15) is 24.0 Å². The zero-order valence-electron chi connectivity index (χ0n) is 8.53. The predicted molar refractivity (Wildman–Crippen MR) is 57.4 cm³/mol. The maximum Gasteiger partial charge on any atom is 0.0636 e. The summed E-state index contributed by atoms with van der Waals surface area (Å²) in [7, 11) is 0. The Bertz CT molecular complexity index is 309. The normalized spacial score (nSPS) is 21.1. The molecule has 0 fully saturated rings. The van der Waals surface area contributed by atoms with Crippen LogP contribution < -0.4 is 5.32 Å². The summed E-state index contributed by atoms with van der Waals surface area (Å²) >= 11 is 0. The van der Waals surface area contributed by atoms with Gasteiger partial charge in [0.1, 0.15) is 0 Å². The van der Waals surface area contributed by atoms with Gasteiger partial charge in [-0.15, -0.1) is 0 Å². The van der Waals surface area contributed by atoms with Crippen LogP contribution in [0.3, 0.4) is 0 Å². The first-order valence-electron chi connectivity index (χ1n) is 5.24. The molecular formula is C12H17NO. The number of aliphatic hydroxyl groups is 1. The molecule has 2 N–H and O–H groups in total. The van der Waals surface area contributed by atoms with Gasteiger partial charge in [0, 0.05) is 19.0 Å². The van der Waals surface area contributed by atoms with Crippen molar-refractivity contribution in [1.29, 1.82) is 0 Å². The van der Waals surface area contributed by atoms with Crippen LogP contribution in [-0.4, -0.2) is 24.3 Å². The van der Waals surface area contributed by atoms with Crippen LogP contribution in [0, 0.1) is 0 Å². The molecule has 0 aromatic heterocycles. The van der Waals surface area contributed by atoms with Crippen LogP contribution in [-0.2, 0) is 6.42 Å². The van der Waals surface area contributed by atoms with Gasteiger partial charge in [-0.2, -0.15) is 0 Å². The van der Waals surface area contributed by atoms with Crippen molar-refractivity contribution in [2.45, 2.75) is 25.4 Å². The first kappa shape index (κ1) is 9.69. The van der Waals surface area contributed by atoms with Gasteiger partial charge in [-0.05, 0) is 24.5 Å². The van der Waals surface area contributed by atoms with E-state index in [2.05, 4.69) is 29.6 Å². The van der Waals surface area contributed by atoms with Gasteiger partial charge in [-0.25, -0.2) is 0 Å². The van der Waals surface area contributed by atoms with E-state index in [1.807, 2.05) is 6.92 Å². The number of rotatable bonds is 4. The smallest absolute Gasteiger partial charge is 0.0636 e. The Balaban J connectivity index is 1.81. The number of fused-ring (bicyclic) bond motifs is 1. The Kier molecular flexibility index (Phi) is 2.85. The molecule has 2 nitrogen and oxygen atoms in total. The molecule has 1 aliphatic carbocycles.